The number of aryl methyl sites for hydroxylation is 1. The van der Waals surface area contributed by atoms with E-state index in [2.05, 4.69) is 120 Å². The van der Waals surface area contributed by atoms with Gasteiger partial charge in [-0.2, -0.15) is 18.2 Å². The average Bonchev–Trinajstić information content (AvgIpc) is 3.79. The summed E-state index contributed by atoms with van der Waals surface area (Å²) in [5.74, 6) is 0.743. The number of para-hydroxylation sites is 2. The summed E-state index contributed by atoms with van der Waals surface area (Å²) < 4.78 is 21.0. The van der Waals surface area contributed by atoms with Gasteiger partial charge >= 0.3 is 20.4 Å². The maximum Gasteiger partial charge on any atom is 2.00 e. The van der Waals surface area contributed by atoms with Crippen LogP contribution >= 0.6 is 21.8 Å². The molecule has 1 aliphatic heterocycles. The molecule has 0 spiro atoms. The number of hydrogen-bond donors (Lipinski definition) is 0. The SMILES string of the molecule is Cn1c(-c2[c-]c(C(F)c3[c-]c(-n4c5cc6c(cc5c5cccnc54)Sc4ccccc4S6(c4ccccc4)c4ccccc4)ccc3)ccc2)nc2ccccc21.[Pd+2]. The van der Waals surface area contributed by atoms with E-state index in [1.54, 1.807) is 12.1 Å². The largest absolute Gasteiger partial charge is 2.00 e. The Kier molecular flexibility index (Phi) is 9.19. The van der Waals surface area contributed by atoms with Crippen LogP contribution in [0.5, 0.6) is 0 Å². The van der Waals surface area contributed by atoms with Crippen LogP contribution in [0.4, 0.5) is 4.39 Å². The molecule has 0 bridgehead atoms. The predicted octanol–water partition coefficient (Wildman–Crippen LogP) is 13.2. The first-order valence-electron chi connectivity index (χ1n) is 18.8. The summed E-state index contributed by atoms with van der Waals surface area (Å²) in [5.41, 5.74) is 6.03. The van der Waals surface area contributed by atoms with Crippen molar-refractivity contribution in [3.8, 4) is 17.1 Å². The van der Waals surface area contributed by atoms with Crippen molar-refractivity contribution in [1.82, 2.24) is 19.1 Å². The van der Waals surface area contributed by atoms with E-state index in [1.165, 1.54) is 29.4 Å². The summed E-state index contributed by atoms with van der Waals surface area (Å²) in [7, 11) is 0.0473. The maximum atomic E-state index is 16.8. The number of benzene rings is 7. The fourth-order valence-corrected chi connectivity index (χ4v) is 14.2. The molecule has 0 amide bonds. The topological polar surface area (TPSA) is 35.6 Å². The number of rotatable bonds is 6. The van der Waals surface area contributed by atoms with Gasteiger partial charge in [0.25, 0.3) is 0 Å². The van der Waals surface area contributed by atoms with Crippen LogP contribution in [-0.2, 0) is 27.5 Å². The number of alkyl halides is 1. The van der Waals surface area contributed by atoms with Crippen LogP contribution in [0.2, 0.25) is 0 Å². The van der Waals surface area contributed by atoms with Gasteiger partial charge in [-0.3, -0.25) is 4.98 Å². The van der Waals surface area contributed by atoms with Crippen molar-refractivity contribution in [1.29, 1.82) is 0 Å². The fourth-order valence-electron chi connectivity index (χ4n) is 8.40. The molecule has 1 atom stereocenters. The van der Waals surface area contributed by atoms with Crippen LogP contribution in [0.15, 0.2) is 205 Å². The Bertz CT molecular complexity index is 3120. The third kappa shape index (κ3) is 5.62. The normalized spacial score (nSPS) is 14.1. The Labute approximate surface area is 355 Å². The summed E-state index contributed by atoms with van der Waals surface area (Å²) in [6, 6.07) is 65.8. The van der Waals surface area contributed by atoms with Gasteiger partial charge in [-0.05, 0) is 72.8 Å². The molecule has 0 N–H and O–H groups in total. The molecule has 0 saturated heterocycles. The molecule has 282 valence electrons. The predicted molar refractivity (Wildman–Crippen MR) is 229 cm³/mol. The van der Waals surface area contributed by atoms with Crippen molar-refractivity contribution in [2.75, 3.05) is 0 Å². The number of halogens is 1. The van der Waals surface area contributed by atoms with Crippen LogP contribution < -0.4 is 0 Å². The Morgan fingerprint density at radius 1 is 0.621 bits per heavy atom. The van der Waals surface area contributed by atoms with Gasteiger partial charge in [-0.1, -0.05) is 83.7 Å². The Balaban J connectivity index is 0.00000408. The maximum absolute atomic E-state index is 16.8. The molecule has 0 saturated carbocycles. The molecule has 1 aliphatic rings. The number of hydrogen-bond acceptors (Lipinski definition) is 3. The number of fused-ring (bicyclic) bond motifs is 6. The van der Waals surface area contributed by atoms with Gasteiger partial charge in [0, 0.05) is 53.4 Å². The molecule has 0 aliphatic carbocycles. The number of imidazole rings is 1. The molecule has 3 aromatic heterocycles. The fraction of sp³-hybridized carbons (Fsp3) is 0.0400. The summed E-state index contributed by atoms with van der Waals surface area (Å²) >= 11 is 1.83. The minimum absolute atomic E-state index is 0. The molecule has 4 nitrogen and oxygen atoms in total. The molecule has 0 fully saturated rings. The number of pyridine rings is 1. The Morgan fingerprint density at radius 2 is 1.31 bits per heavy atom. The molecular weight excluding hydrogens is 846 g/mol. The molecule has 4 heterocycles. The minimum Gasteiger partial charge on any atom is -0.367 e. The van der Waals surface area contributed by atoms with Crippen LogP contribution in [0.3, 0.4) is 0 Å². The summed E-state index contributed by atoms with van der Waals surface area (Å²) in [5, 5.41) is 2.13. The summed E-state index contributed by atoms with van der Waals surface area (Å²) in [6.45, 7) is 0. The summed E-state index contributed by atoms with van der Waals surface area (Å²) in [4.78, 5) is 17.4. The van der Waals surface area contributed by atoms with Crippen molar-refractivity contribution in [2.45, 2.75) is 35.5 Å². The van der Waals surface area contributed by atoms with Crippen molar-refractivity contribution in [2.24, 2.45) is 7.05 Å². The van der Waals surface area contributed by atoms with Crippen LogP contribution in [0.1, 0.15) is 17.3 Å². The Morgan fingerprint density at radius 3 is 2.09 bits per heavy atom. The zero-order valence-electron chi connectivity index (χ0n) is 31.1. The molecule has 58 heavy (non-hydrogen) atoms. The zero-order valence-corrected chi connectivity index (χ0v) is 34.3. The monoisotopic (exact) mass is 878 g/mol. The van der Waals surface area contributed by atoms with E-state index in [0.717, 1.165) is 50.0 Å². The van der Waals surface area contributed by atoms with Gasteiger partial charge in [-0.25, -0.2) is 9.37 Å². The third-order valence-electron chi connectivity index (χ3n) is 10.9. The first kappa shape index (κ1) is 36.6. The molecule has 8 heteroatoms. The molecule has 10 aromatic rings. The van der Waals surface area contributed by atoms with Crippen molar-refractivity contribution in [3.05, 3.63) is 199 Å². The van der Waals surface area contributed by atoms with E-state index in [1.807, 2.05) is 84.2 Å². The second-order valence-electron chi connectivity index (χ2n) is 14.2. The zero-order chi connectivity index (χ0) is 38.1. The van der Waals surface area contributed by atoms with E-state index in [0.29, 0.717) is 11.1 Å². The number of aromatic nitrogens is 4. The smallest absolute Gasteiger partial charge is 0.367 e. The van der Waals surface area contributed by atoms with Gasteiger partial charge in [0.05, 0.1) is 22.4 Å². The van der Waals surface area contributed by atoms with E-state index in [-0.39, 0.29) is 20.4 Å². The van der Waals surface area contributed by atoms with Gasteiger partial charge in [-0.15, -0.1) is 51.5 Å². The standard InChI is InChI=1S/C50H33FN4S2.Pd/c1-54-42-25-9-8-24-41(42)53-49(54)35-17-12-15-33(29-35)48(51)34-16-13-18-36(30-34)55-43-32-47-45(31-40(43)39-23-14-28-52-50(39)55)56-44-26-10-11-27-46(44)57(47,37-19-4-2-5-20-37)38-21-6-3-7-22-38;/h2-28,31-32,48H,1H3;/q-2;+2. The van der Waals surface area contributed by atoms with Gasteiger partial charge < -0.3 is 9.13 Å². The summed E-state index contributed by atoms with van der Waals surface area (Å²) in [6.07, 6.45) is 0.365. The average molecular weight is 879 g/mol. The van der Waals surface area contributed by atoms with Crippen LogP contribution in [-0.4, -0.2) is 19.1 Å². The molecule has 7 aromatic carbocycles. The van der Waals surface area contributed by atoms with Gasteiger partial charge in [0.1, 0.15) is 11.8 Å². The number of nitrogens with zero attached hydrogens (tertiary/aromatic N) is 4. The van der Waals surface area contributed by atoms with E-state index in [4.69, 9.17) is 9.97 Å². The van der Waals surface area contributed by atoms with Gasteiger partial charge in [0.15, 0.2) is 0 Å². The minimum atomic E-state index is -1.93. The first-order valence-corrected chi connectivity index (χ1v) is 21.3. The van der Waals surface area contributed by atoms with Crippen LogP contribution in [0.25, 0.3) is 50.0 Å². The van der Waals surface area contributed by atoms with Crippen molar-refractivity contribution >= 4 is 54.8 Å². The van der Waals surface area contributed by atoms with Crippen molar-refractivity contribution < 1.29 is 24.8 Å². The second-order valence-corrected chi connectivity index (χ2v) is 18.3. The van der Waals surface area contributed by atoms with E-state index in [9.17, 15) is 0 Å². The van der Waals surface area contributed by atoms with Crippen molar-refractivity contribution in [3.63, 3.8) is 0 Å². The molecule has 1 unspecified atom stereocenters. The quantitative estimate of drug-likeness (QED) is 0.123. The molecule has 0 radical (unpaired) electrons. The first-order chi connectivity index (χ1) is 28.1. The van der Waals surface area contributed by atoms with E-state index >= 15 is 4.39 Å². The van der Waals surface area contributed by atoms with E-state index < -0.39 is 16.2 Å². The second kappa shape index (κ2) is 14.6. The Hall–Kier alpha value is -5.75. The third-order valence-corrected chi connectivity index (χ3v) is 16.3. The molecular formula is C50H33FN4PdS2. The van der Waals surface area contributed by atoms with Gasteiger partial charge in [0.2, 0.25) is 0 Å². The van der Waals surface area contributed by atoms with Crippen LogP contribution in [0, 0.1) is 12.1 Å². The molecule has 11 rings (SSSR count).